The Kier molecular flexibility index (Phi) is 7.61. The van der Waals surface area contributed by atoms with Crippen LogP contribution in [0.3, 0.4) is 0 Å². The lowest BCUT2D eigenvalue weighted by atomic mass is 10.1. The Morgan fingerprint density at radius 3 is 2.83 bits per heavy atom. The maximum atomic E-state index is 11.3. The zero-order chi connectivity index (χ0) is 25.5. The first-order valence-corrected chi connectivity index (χ1v) is 11.0. The first-order valence-electron chi connectivity index (χ1n) is 11.0. The van der Waals surface area contributed by atoms with Gasteiger partial charge in [-0.25, -0.2) is 4.79 Å². The van der Waals surface area contributed by atoms with Crippen molar-refractivity contribution in [2.24, 2.45) is 5.10 Å². The summed E-state index contributed by atoms with van der Waals surface area (Å²) in [5.41, 5.74) is 5.24. The number of hydrazone groups is 1. The fourth-order valence-electron chi connectivity index (χ4n) is 3.54. The summed E-state index contributed by atoms with van der Waals surface area (Å²) in [4.78, 5) is 22.0. The number of fused-ring (bicyclic) bond motifs is 1. The zero-order valence-electron chi connectivity index (χ0n) is 19.3. The molecule has 4 rings (SSSR count). The van der Waals surface area contributed by atoms with E-state index in [4.69, 9.17) is 24.1 Å². The van der Waals surface area contributed by atoms with E-state index in [0.717, 1.165) is 0 Å². The normalized spacial score (nSPS) is 12.5. The number of nitrogens with zero attached hydrogens (tertiary/aromatic N) is 2. The van der Waals surface area contributed by atoms with Gasteiger partial charge in [0.1, 0.15) is 12.4 Å². The molecule has 0 spiro atoms. The van der Waals surface area contributed by atoms with E-state index in [1.54, 1.807) is 36.5 Å². The van der Waals surface area contributed by atoms with Crippen LogP contribution in [0.2, 0.25) is 0 Å². The van der Waals surface area contributed by atoms with Crippen molar-refractivity contribution in [3.63, 3.8) is 0 Å². The molecule has 0 amide bonds. The van der Waals surface area contributed by atoms with E-state index in [1.165, 1.54) is 24.3 Å². The Morgan fingerprint density at radius 1 is 1.19 bits per heavy atom. The fraction of sp³-hybridized carbons (Fsp3) is 0.200. The number of carboxylic acid groups (broad SMARTS) is 1. The Labute approximate surface area is 206 Å². The molecule has 0 saturated heterocycles. The smallest absolute Gasteiger partial charge is 0.335 e. The van der Waals surface area contributed by atoms with Gasteiger partial charge in [0.25, 0.3) is 5.69 Å². The molecule has 0 fully saturated rings. The summed E-state index contributed by atoms with van der Waals surface area (Å²) in [7, 11) is 0. The minimum atomic E-state index is -1.02. The Balaban J connectivity index is 1.49. The van der Waals surface area contributed by atoms with Gasteiger partial charge in [-0.1, -0.05) is 6.07 Å². The van der Waals surface area contributed by atoms with Crippen LogP contribution in [0, 0.1) is 10.1 Å². The Morgan fingerprint density at radius 2 is 2.06 bits per heavy atom. The lowest BCUT2D eigenvalue weighted by Crippen LogP contribution is -2.14. The summed E-state index contributed by atoms with van der Waals surface area (Å²) in [6.45, 7) is 2.54. The third-order valence-electron chi connectivity index (χ3n) is 5.15. The van der Waals surface area contributed by atoms with Gasteiger partial charge in [0, 0.05) is 23.3 Å². The van der Waals surface area contributed by atoms with E-state index < -0.39 is 10.9 Å². The van der Waals surface area contributed by atoms with E-state index >= 15 is 0 Å². The molecule has 3 aromatic rings. The number of non-ortho nitro benzene ring substituents is 1. The van der Waals surface area contributed by atoms with Gasteiger partial charge in [-0.15, -0.1) is 0 Å². The van der Waals surface area contributed by atoms with E-state index in [-0.39, 0.29) is 31.3 Å². The second-order valence-corrected chi connectivity index (χ2v) is 7.64. The van der Waals surface area contributed by atoms with Crippen LogP contribution in [0.4, 0.5) is 11.4 Å². The molecule has 3 aromatic carbocycles. The van der Waals surface area contributed by atoms with Gasteiger partial charge < -0.3 is 24.1 Å². The van der Waals surface area contributed by atoms with Crippen molar-refractivity contribution in [3.05, 3.63) is 87.0 Å². The number of carbonyl (C=O) groups is 1. The molecule has 1 heterocycles. The predicted octanol–water partition coefficient (Wildman–Crippen LogP) is 4.58. The highest BCUT2D eigenvalue weighted by Gasteiger charge is 2.21. The summed E-state index contributed by atoms with van der Waals surface area (Å²) >= 11 is 0. The zero-order valence-corrected chi connectivity index (χ0v) is 19.3. The van der Waals surface area contributed by atoms with Crippen molar-refractivity contribution in [2.45, 2.75) is 20.1 Å². The molecule has 11 heteroatoms. The maximum Gasteiger partial charge on any atom is 0.335 e. The summed E-state index contributed by atoms with van der Waals surface area (Å²) in [6.07, 6.45) is 1.56. The Bertz CT molecular complexity index is 1310. The molecule has 0 aliphatic carbocycles. The van der Waals surface area contributed by atoms with Gasteiger partial charge in [-0.05, 0) is 48.9 Å². The maximum absolute atomic E-state index is 11.3. The van der Waals surface area contributed by atoms with Crippen molar-refractivity contribution in [2.75, 3.05) is 18.8 Å². The minimum absolute atomic E-state index is 0.0268. The van der Waals surface area contributed by atoms with Gasteiger partial charge in [0.05, 0.1) is 35.6 Å². The highest BCUT2D eigenvalue weighted by molar-refractivity contribution is 5.89. The van der Waals surface area contributed by atoms with Crippen LogP contribution < -0.4 is 19.6 Å². The molecular weight excluding hydrogens is 470 g/mol. The lowest BCUT2D eigenvalue weighted by molar-refractivity contribution is -0.385. The number of hydrogen-bond acceptors (Lipinski definition) is 9. The van der Waals surface area contributed by atoms with Crippen molar-refractivity contribution in [3.8, 4) is 17.2 Å². The summed E-state index contributed by atoms with van der Waals surface area (Å²) in [6, 6.07) is 14.4. The number of anilines is 1. The van der Waals surface area contributed by atoms with Crippen molar-refractivity contribution in [1.29, 1.82) is 0 Å². The van der Waals surface area contributed by atoms with Crippen LogP contribution in [0.5, 0.6) is 17.2 Å². The third kappa shape index (κ3) is 5.88. The van der Waals surface area contributed by atoms with Gasteiger partial charge in [-0.3, -0.25) is 15.5 Å². The summed E-state index contributed by atoms with van der Waals surface area (Å²) in [5.74, 6) is 0.415. The number of carboxylic acids is 1. The third-order valence-corrected chi connectivity index (χ3v) is 5.15. The van der Waals surface area contributed by atoms with E-state index in [9.17, 15) is 14.9 Å². The summed E-state index contributed by atoms with van der Waals surface area (Å²) in [5, 5.41) is 24.6. The van der Waals surface area contributed by atoms with Crippen molar-refractivity contribution >= 4 is 23.6 Å². The fourth-order valence-corrected chi connectivity index (χ4v) is 3.54. The standard InChI is InChI=1S/C25H23N3O8/c1-2-34-23-8-16(12-26-27-20-5-3-4-17(9-20)25(29)30)6-7-22(23)35-14-19-11-21(28(31)32)10-18-13-33-15-36-24(18)19/h3-12,27H,2,13-15H2,1H3,(H,29,30)/b26-12-. The van der Waals surface area contributed by atoms with E-state index in [1.807, 2.05) is 6.92 Å². The van der Waals surface area contributed by atoms with Crippen LogP contribution in [0.25, 0.3) is 0 Å². The average molecular weight is 493 g/mol. The number of aromatic carboxylic acids is 1. The number of rotatable bonds is 10. The number of benzene rings is 3. The van der Waals surface area contributed by atoms with Crippen LogP contribution in [-0.2, 0) is 18.0 Å². The van der Waals surface area contributed by atoms with Gasteiger partial charge in [0.15, 0.2) is 18.3 Å². The van der Waals surface area contributed by atoms with Gasteiger partial charge >= 0.3 is 5.97 Å². The molecule has 11 nitrogen and oxygen atoms in total. The predicted molar refractivity (Wildman–Crippen MR) is 130 cm³/mol. The van der Waals surface area contributed by atoms with Crippen LogP contribution in [0.1, 0.15) is 34.0 Å². The molecule has 0 bridgehead atoms. The second kappa shape index (κ2) is 11.2. The van der Waals surface area contributed by atoms with E-state index in [2.05, 4.69) is 10.5 Å². The number of ether oxygens (including phenoxy) is 4. The van der Waals surface area contributed by atoms with Gasteiger partial charge in [-0.2, -0.15) is 5.10 Å². The monoisotopic (exact) mass is 493 g/mol. The molecule has 1 aliphatic rings. The largest absolute Gasteiger partial charge is 0.490 e. The van der Waals surface area contributed by atoms with Crippen molar-refractivity contribution < 1.29 is 33.8 Å². The van der Waals surface area contributed by atoms with Crippen LogP contribution >= 0.6 is 0 Å². The highest BCUT2D eigenvalue weighted by atomic mass is 16.7. The number of nitro benzene ring substituents is 1. The molecule has 0 unspecified atom stereocenters. The molecule has 36 heavy (non-hydrogen) atoms. The van der Waals surface area contributed by atoms with Gasteiger partial charge in [0.2, 0.25) is 0 Å². The quantitative estimate of drug-likeness (QED) is 0.236. The van der Waals surface area contributed by atoms with Crippen molar-refractivity contribution in [1.82, 2.24) is 0 Å². The average Bonchev–Trinajstić information content (AvgIpc) is 2.88. The molecular formula is C25H23N3O8. The SMILES string of the molecule is CCOc1cc(/C=N\Nc2cccc(C(=O)O)c2)ccc1OCc1cc([N+](=O)[O-])cc2c1OCOC2. The first-order chi connectivity index (χ1) is 17.4. The minimum Gasteiger partial charge on any atom is -0.490 e. The molecule has 0 aromatic heterocycles. The number of nitrogens with one attached hydrogen (secondary N) is 1. The van der Waals surface area contributed by atoms with Crippen LogP contribution in [0.15, 0.2) is 59.7 Å². The highest BCUT2D eigenvalue weighted by Crippen LogP contribution is 2.35. The van der Waals surface area contributed by atoms with E-state index in [0.29, 0.717) is 46.2 Å². The second-order valence-electron chi connectivity index (χ2n) is 7.64. The molecule has 1 aliphatic heterocycles. The lowest BCUT2D eigenvalue weighted by Gasteiger charge is -2.21. The molecule has 0 saturated carbocycles. The topological polar surface area (TPSA) is 142 Å². The van der Waals surface area contributed by atoms with Crippen LogP contribution in [-0.4, -0.2) is 35.6 Å². The molecule has 0 atom stereocenters. The molecule has 186 valence electrons. The molecule has 2 N–H and O–H groups in total. The number of nitro groups is 1. The molecule has 0 radical (unpaired) electrons. The first kappa shape index (κ1) is 24.5. The summed E-state index contributed by atoms with van der Waals surface area (Å²) < 4.78 is 22.5. The Hall–Kier alpha value is -4.64. The number of hydrogen-bond donors (Lipinski definition) is 2.